The maximum atomic E-state index is 12.8. The van der Waals surface area contributed by atoms with Gasteiger partial charge in [-0.3, -0.25) is 9.69 Å². The lowest BCUT2D eigenvalue weighted by Crippen LogP contribution is -2.41. The number of nitrogens with zero attached hydrogens (tertiary/aromatic N) is 6. The SMILES string of the molecule is CCC1Cn2nc[n+](C)c2-c2cccc(c2)Nc2ncc3c(n2)N1C(=O)C3. The number of carbonyl (C=O) groups is 1. The molecule has 5 rings (SSSR count). The third kappa shape index (κ3) is 2.48. The van der Waals surface area contributed by atoms with E-state index in [0.717, 1.165) is 29.1 Å². The summed E-state index contributed by atoms with van der Waals surface area (Å²) in [5, 5.41) is 7.83. The van der Waals surface area contributed by atoms with Crippen LogP contribution >= 0.6 is 0 Å². The van der Waals surface area contributed by atoms with Crippen LogP contribution < -0.4 is 14.8 Å². The van der Waals surface area contributed by atoms with Crippen LogP contribution in [-0.2, 0) is 24.8 Å². The number of amides is 1. The van der Waals surface area contributed by atoms with Gasteiger partial charge in [-0.05, 0) is 24.6 Å². The van der Waals surface area contributed by atoms with E-state index in [1.165, 1.54) is 0 Å². The van der Waals surface area contributed by atoms with E-state index in [-0.39, 0.29) is 11.9 Å². The van der Waals surface area contributed by atoms with Gasteiger partial charge in [0.15, 0.2) is 0 Å². The molecule has 3 aromatic rings. The molecule has 8 nitrogen and oxygen atoms in total. The van der Waals surface area contributed by atoms with Gasteiger partial charge >= 0.3 is 0 Å². The van der Waals surface area contributed by atoms with Gasteiger partial charge in [0, 0.05) is 22.5 Å². The summed E-state index contributed by atoms with van der Waals surface area (Å²) >= 11 is 0. The highest BCUT2D eigenvalue weighted by Crippen LogP contribution is 2.32. The first-order valence-corrected chi connectivity index (χ1v) is 9.11. The lowest BCUT2D eigenvalue weighted by atomic mass is 10.1. The second-order valence-electron chi connectivity index (χ2n) is 7.00. The first-order valence-electron chi connectivity index (χ1n) is 9.11. The Bertz CT molecular complexity index is 1060. The molecule has 0 radical (unpaired) electrons. The minimum atomic E-state index is -0.0252. The van der Waals surface area contributed by atoms with Crippen LogP contribution in [0.1, 0.15) is 18.9 Å². The molecule has 1 aromatic carbocycles. The second kappa shape index (κ2) is 5.87. The highest BCUT2D eigenvalue weighted by atomic mass is 16.2. The Morgan fingerprint density at radius 2 is 2.26 bits per heavy atom. The number of anilines is 3. The van der Waals surface area contributed by atoms with E-state index in [1.807, 2.05) is 33.3 Å². The van der Waals surface area contributed by atoms with Crippen LogP contribution in [0, 0.1) is 0 Å². The van der Waals surface area contributed by atoms with Crippen molar-refractivity contribution in [1.82, 2.24) is 19.7 Å². The average molecular weight is 362 g/mol. The highest BCUT2D eigenvalue weighted by Gasteiger charge is 2.36. The summed E-state index contributed by atoms with van der Waals surface area (Å²) < 4.78 is 3.98. The molecule has 4 heterocycles. The number of fused-ring (bicyclic) bond motifs is 5. The van der Waals surface area contributed by atoms with Gasteiger partial charge in [-0.1, -0.05) is 13.0 Å². The van der Waals surface area contributed by atoms with E-state index >= 15 is 0 Å². The molecule has 4 bridgehead atoms. The zero-order valence-electron chi connectivity index (χ0n) is 15.3. The molecule has 0 saturated carbocycles. The number of aromatic nitrogens is 5. The zero-order chi connectivity index (χ0) is 18.5. The molecule has 0 saturated heterocycles. The monoisotopic (exact) mass is 362 g/mol. The Morgan fingerprint density at radius 3 is 3.11 bits per heavy atom. The number of rotatable bonds is 1. The summed E-state index contributed by atoms with van der Waals surface area (Å²) in [5.74, 6) is 2.27. The molecule has 2 aliphatic heterocycles. The number of benzene rings is 1. The van der Waals surface area contributed by atoms with Crippen LogP contribution in [0.15, 0.2) is 36.8 Å². The van der Waals surface area contributed by atoms with Crippen molar-refractivity contribution in [1.29, 1.82) is 0 Å². The van der Waals surface area contributed by atoms with E-state index in [2.05, 4.69) is 39.4 Å². The van der Waals surface area contributed by atoms with E-state index < -0.39 is 0 Å². The number of nitrogens with one attached hydrogen (secondary N) is 1. The quantitative estimate of drug-likeness (QED) is 0.665. The van der Waals surface area contributed by atoms with Crippen molar-refractivity contribution in [2.75, 3.05) is 10.2 Å². The maximum absolute atomic E-state index is 12.8. The van der Waals surface area contributed by atoms with Crippen LogP contribution in [0.25, 0.3) is 11.4 Å². The Hall–Kier alpha value is -3.29. The van der Waals surface area contributed by atoms with Crippen molar-refractivity contribution in [3.8, 4) is 11.4 Å². The first-order chi connectivity index (χ1) is 13.1. The van der Waals surface area contributed by atoms with E-state index in [9.17, 15) is 4.79 Å². The van der Waals surface area contributed by atoms with E-state index in [0.29, 0.717) is 24.7 Å². The molecule has 0 fully saturated rings. The molecule has 1 unspecified atom stereocenters. The lowest BCUT2D eigenvalue weighted by Gasteiger charge is -2.26. The Labute approximate surface area is 156 Å². The summed E-state index contributed by atoms with van der Waals surface area (Å²) in [5.41, 5.74) is 2.81. The number of carbonyl (C=O) groups excluding carboxylic acids is 1. The van der Waals surface area contributed by atoms with Crippen LogP contribution in [0.3, 0.4) is 0 Å². The van der Waals surface area contributed by atoms with Gasteiger partial charge in [-0.25, -0.2) is 9.55 Å². The Morgan fingerprint density at radius 1 is 1.37 bits per heavy atom. The average Bonchev–Trinajstić information content (AvgIpc) is 3.18. The van der Waals surface area contributed by atoms with Crippen LogP contribution in [-0.4, -0.2) is 31.7 Å². The van der Waals surface area contributed by atoms with Gasteiger partial charge in [-0.2, -0.15) is 4.98 Å². The van der Waals surface area contributed by atoms with Crippen molar-refractivity contribution in [3.05, 3.63) is 42.4 Å². The van der Waals surface area contributed by atoms with E-state index in [4.69, 9.17) is 0 Å². The fraction of sp³-hybridized carbons (Fsp3) is 0.316. The van der Waals surface area contributed by atoms with E-state index in [1.54, 1.807) is 12.5 Å². The van der Waals surface area contributed by atoms with Gasteiger partial charge in [-0.15, -0.1) is 4.68 Å². The standard InChI is InChI=1S/C19H20N7O/c1-3-15-10-25-18(24(2)11-21-25)12-5-4-6-14(7-12)22-19-20-9-13-8-16(27)26(15)17(13)23-19/h4-7,9,11,15H,3,8,10H2,1-2H3,(H,20,22,23)/q+1. The third-order valence-electron chi connectivity index (χ3n) is 5.22. The summed E-state index contributed by atoms with van der Waals surface area (Å²) in [6, 6.07) is 8.07. The maximum Gasteiger partial charge on any atom is 0.267 e. The van der Waals surface area contributed by atoms with Crippen molar-refractivity contribution < 1.29 is 9.36 Å². The fourth-order valence-corrected chi connectivity index (χ4v) is 3.91. The molecule has 2 aromatic heterocycles. The van der Waals surface area contributed by atoms with Crippen molar-refractivity contribution in [3.63, 3.8) is 0 Å². The van der Waals surface area contributed by atoms with Gasteiger partial charge in [0.05, 0.1) is 25.1 Å². The first kappa shape index (κ1) is 15.9. The second-order valence-corrected chi connectivity index (χ2v) is 7.00. The van der Waals surface area contributed by atoms with Crippen molar-refractivity contribution in [2.24, 2.45) is 7.05 Å². The molecule has 2 aliphatic rings. The van der Waals surface area contributed by atoms with Gasteiger partial charge in [0.1, 0.15) is 12.4 Å². The molecule has 1 N–H and O–H groups in total. The summed E-state index contributed by atoms with van der Waals surface area (Å²) in [7, 11) is 1.98. The number of aryl methyl sites for hydroxylation is 1. The van der Waals surface area contributed by atoms with Crippen LogP contribution in [0.5, 0.6) is 0 Å². The molecule has 1 atom stereocenters. The Balaban J connectivity index is 1.74. The molecule has 27 heavy (non-hydrogen) atoms. The molecule has 8 heteroatoms. The largest absolute Gasteiger partial charge is 0.324 e. The lowest BCUT2D eigenvalue weighted by molar-refractivity contribution is -0.661. The minimum Gasteiger partial charge on any atom is -0.324 e. The van der Waals surface area contributed by atoms with Gasteiger partial charge in [0.2, 0.25) is 11.9 Å². The molecular formula is C19H20N7O+. The molecule has 136 valence electrons. The summed E-state index contributed by atoms with van der Waals surface area (Å²) in [4.78, 5) is 23.6. The number of hydrogen-bond donors (Lipinski definition) is 1. The predicted molar refractivity (Wildman–Crippen MR) is 99.4 cm³/mol. The minimum absolute atomic E-state index is 0.0252. The highest BCUT2D eigenvalue weighted by molar-refractivity contribution is 6.00. The third-order valence-corrected chi connectivity index (χ3v) is 5.22. The van der Waals surface area contributed by atoms with Crippen molar-refractivity contribution in [2.45, 2.75) is 32.4 Å². The molecule has 0 spiro atoms. The molecular weight excluding hydrogens is 342 g/mol. The van der Waals surface area contributed by atoms with Crippen molar-refractivity contribution >= 4 is 23.4 Å². The van der Waals surface area contributed by atoms with Crippen LogP contribution in [0.2, 0.25) is 0 Å². The molecule has 0 aliphatic carbocycles. The summed E-state index contributed by atoms with van der Waals surface area (Å²) in [6.45, 7) is 2.70. The zero-order valence-corrected chi connectivity index (χ0v) is 15.3. The van der Waals surface area contributed by atoms with Gasteiger partial charge < -0.3 is 5.32 Å². The van der Waals surface area contributed by atoms with Crippen LogP contribution in [0.4, 0.5) is 17.5 Å². The molecule has 1 amide bonds. The Kier molecular flexibility index (Phi) is 3.46. The normalized spacial score (nSPS) is 17.8. The predicted octanol–water partition coefficient (Wildman–Crippen LogP) is 1.59. The topological polar surface area (TPSA) is 79.8 Å². The summed E-state index contributed by atoms with van der Waals surface area (Å²) in [6.07, 6.45) is 4.71. The fourth-order valence-electron chi connectivity index (χ4n) is 3.91. The number of hydrogen-bond acceptors (Lipinski definition) is 5. The van der Waals surface area contributed by atoms with Gasteiger partial charge in [0.25, 0.3) is 12.2 Å². The smallest absolute Gasteiger partial charge is 0.267 e.